The van der Waals surface area contributed by atoms with E-state index in [1.54, 1.807) is 6.07 Å². The molecule has 3 N–H and O–H groups in total. The number of benzene rings is 2. The van der Waals surface area contributed by atoms with Crippen molar-refractivity contribution in [3.8, 4) is 11.1 Å². The zero-order valence-corrected chi connectivity index (χ0v) is 17.8. The minimum atomic E-state index is -4.82. The molecular weight excluding hydrogens is 460 g/mol. The molecule has 1 aromatic heterocycles. The van der Waals surface area contributed by atoms with E-state index in [1.165, 1.54) is 43.4 Å². The van der Waals surface area contributed by atoms with E-state index in [9.17, 15) is 26.0 Å². The summed E-state index contributed by atoms with van der Waals surface area (Å²) in [5, 5.41) is 0. The Bertz CT molecular complexity index is 1220. The van der Waals surface area contributed by atoms with Crippen LogP contribution in [0.25, 0.3) is 22.2 Å². The van der Waals surface area contributed by atoms with Crippen molar-refractivity contribution in [1.29, 1.82) is 0 Å². The van der Waals surface area contributed by atoms with Gasteiger partial charge in [-0.05, 0) is 36.9 Å². The fourth-order valence-corrected chi connectivity index (χ4v) is 3.82. The predicted octanol–water partition coefficient (Wildman–Crippen LogP) is 3.86. The smallest absolute Gasteiger partial charge is 0.327 e. The van der Waals surface area contributed by atoms with Gasteiger partial charge in [-0.2, -0.15) is 13.2 Å². The number of sulfonamides is 1. The Kier molecular flexibility index (Phi) is 7.48. The van der Waals surface area contributed by atoms with Crippen molar-refractivity contribution in [2.24, 2.45) is 5.73 Å². The van der Waals surface area contributed by atoms with Gasteiger partial charge in [0.15, 0.2) is 0 Å². The van der Waals surface area contributed by atoms with Crippen LogP contribution in [-0.4, -0.2) is 31.6 Å². The van der Waals surface area contributed by atoms with E-state index >= 15 is 0 Å². The summed E-state index contributed by atoms with van der Waals surface area (Å²) in [6.45, 7) is -0.835. The molecule has 3 aromatic rings. The van der Waals surface area contributed by atoms with E-state index in [0.29, 0.717) is 5.56 Å². The van der Waals surface area contributed by atoms with Crippen molar-refractivity contribution >= 4 is 33.5 Å². The number of fused-ring (bicyclic) bond motifs is 1. The molecule has 0 saturated heterocycles. The number of aromatic nitrogens is 2. The number of hydrogen-bond donors (Lipinski definition) is 2. The minimum Gasteiger partial charge on any atom is -0.327 e. The van der Waals surface area contributed by atoms with Gasteiger partial charge in [-0.3, -0.25) is 0 Å². The number of allylic oxidation sites excluding steroid dienone is 1. The van der Waals surface area contributed by atoms with E-state index in [4.69, 9.17) is 5.73 Å². The molecule has 0 spiro atoms. The highest BCUT2D eigenvalue weighted by Crippen LogP contribution is 2.36. The van der Waals surface area contributed by atoms with Gasteiger partial charge in [0.25, 0.3) is 0 Å². The van der Waals surface area contributed by atoms with Gasteiger partial charge in [0.2, 0.25) is 15.8 Å². The zero-order valence-electron chi connectivity index (χ0n) is 16.1. The second-order valence-corrected chi connectivity index (χ2v) is 8.20. The van der Waals surface area contributed by atoms with E-state index in [2.05, 4.69) is 9.71 Å². The molecule has 0 aliphatic heterocycles. The zero-order chi connectivity index (χ0) is 22.1. The van der Waals surface area contributed by atoms with Crippen LogP contribution >= 0.6 is 12.4 Å². The minimum absolute atomic E-state index is 0. The fourth-order valence-electron chi connectivity index (χ4n) is 3.05. The Labute approximate surface area is 182 Å². The maximum Gasteiger partial charge on any atom is 0.449 e. The van der Waals surface area contributed by atoms with E-state index < -0.39 is 34.4 Å². The topological polar surface area (TPSA) is 90.0 Å². The molecule has 3 rings (SSSR count). The van der Waals surface area contributed by atoms with Crippen LogP contribution in [-0.2, 0) is 22.7 Å². The molecule has 0 bridgehead atoms. The van der Waals surface area contributed by atoms with Crippen LogP contribution in [0.15, 0.2) is 59.3 Å². The molecule has 0 atom stereocenters. The monoisotopic (exact) mass is 478 g/mol. The number of nitrogens with one attached hydrogen (secondary N) is 1. The molecule has 12 heteroatoms. The first-order chi connectivity index (χ1) is 14.1. The first-order valence-electron chi connectivity index (χ1n) is 8.73. The van der Waals surface area contributed by atoms with Crippen molar-refractivity contribution in [3.63, 3.8) is 0 Å². The van der Waals surface area contributed by atoms with Crippen molar-refractivity contribution in [2.45, 2.75) is 17.6 Å². The molecule has 0 amide bonds. The first-order valence-corrected chi connectivity index (χ1v) is 10.2. The summed E-state index contributed by atoms with van der Waals surface area (Å²) in [6, 6.07) is 10.2. The molecule has 0 aliphatic carbocycles. The third-order valence-electron chi connectivity index (χ3n) is 4.41. The average Bonchev–Trinajstić information content (AvgIpc) is 3.07. The van der Waals surface area contributed by atoms with Crippen molar-refractivity contribution in [3.05, 3.63) is 60.2 Å². The van der Waals surface area contributed by atoms with Gasteiger partial charge in [0.05, 0.1) is 22.5 Å². The van der Waals surface area contributed by atoms with E-state index in [-0.39, 0.29) is 40.4 Å². The van der Waals surface area contributed by atoms with Gasteiger partial charge in [0.1, 0.15) is 5.83 Å². The molecule has 0 saturated carbocycles. The summed E-state index contributed by atoms with van der Waals surface area (Å²) in [4.78, 5) is 3.68. The lowest BCUT2D eigenvalue weighted by atomic mass is 10.0. The molecule has 1 heterocycles. The van der Waals surface area contributed by atoms with Gasteiger partial charge < -0.3 is 10.3 Å². The first kappa shape index (κ1) is 24.8. The Morgan fingerprint density at radius 3 is 2.52 bits per heavy atom. The molecule has 0 fully saturated rings. The molecule has 31 heavy (non-hydrogen) atoms. The third kappa shape index (κ3) is 5.06. The molecule has 0 aliphatic rings. The number of imidazole rings is 1. The molecule has 6 nitrogen and oxygen atoms in total. The van der Waals surface area contributed by atoms with Crippen LogP contribution in [0, 0.1) is 0 Å². The fraction of sp³-hybridized carbons (Fsp3) is 0.211. The average molecular weight is 479 g/mol. The van der Waals surface area contributed by atoms with E-state index in [1.807, 2.05) is 0 Å². The van der Waals surface area contributed by atoms with Crippen LogP contribution < -0.4 is 10.5 Å². The van der Waals surface area contributed by atoms with Crippen LogP contribution in [0.3, 0.4) is 0 Å². The Hall–Kier alpha value is -2.47. The highest BCUT2D eigenvalue weighted by atomic mass is 35.5. The van der Waals surface area contributed by atoms with Gasteiger partial charge in [-0.15, -0.1) is 12.4 Å². The number of halogens is 5. The van der Waals surface area contributed by atoms with Crippen LogP contribution in [0.5, 0.6) is 0 Å². The Morgan fingerprint density at radius 2 is 1.90 bits per heavy atom. The number of hydrogen-bond acceptors (Lipinski definition) is 4. The standard InChI is InChI=1S/C19H18F4N4O2S.ClH/c1-25-30(28,29)14-5-2-4-12(10-14)15-6-3-7-16-17(15)26-18(19(21,22)23)27(16)11-13(20)8-9-24;/h2-8,10,25H,9,11,24H2,1H3;1H/b13-8-;. The summed E-state index contributed by atoms with van der Waals surface area (Å²) < 4.78 is 81.8. The predicted molar refractivity (Wildman–Crippen MR) is 112 cm³/mol. The molecule has 168 valence electrons. The second kappa shape index (κ2) is 9.35. The van der Waals surface area contributed by atoms with Gasteiger partial charge in [-0.25, -0.2) is 22.5 Å². The number of para-hydroxylation sites is 1. The van der Waals surface area contributed by atoms with Crippen molar-refractivity contribution in [2.75, 3.05) is 13.6 Å². The molecule has 2 aromatic carbocycles. The van der Waals surface area contributed by atoms with Crippen LogP contribution in [0.4, 0.5) is 17.6 Å². The summed E-state index contributed by atoms with van der Waals surface area (Å²) >= 11 is 0. The van der Waals surface area contributed by atoms with Gasteiger partial charge in [-0.1, -0.05) is 24.3 Å². The number of alkyl halides is 3. The van der Waals surface area contributed by atoms with Crippen molar-refractivity contribution in [1.82, 2.24) is 14.3 Å². The number of rotatable bonds is 6. The molecule has 0 unspecified atom stereocenters. The number of nitrogens with two attached hydrogens (primary N) is 1. The quantitative estimate of drug-likeness (QED) is 0.526. The highest BCUT2D eigenvalue weighted by molar-refractivity contribution is 7.89. The van der Waals surface area contributed by atoms with Gasteiger partial charge >= 0.3 is 6.18 Å². The van der Waals surface area contributed by atoms with Crippen LogP contribution in [0.1, 0.15) is 5.82 Å². The highest BCUT2D eigenvalue weighted by Gasteiger charge is 2.38. The lowest BCUT2D eigenvalue weighted by Crippen LogP contribution is -2.18. The van der Waals surface area contributed by atoms with Crippen molar-refractivity contribution < 1.29 is 26.0 Å². The lowest BCUT2D eigenvalue weighted by Gasteiger charge is -2.10. The summed E-state index contributed by atoms with van der Waals surface area (Å²) in [6.07, 6.45) is -3.83. The van der Waals surface area contributed by atoms with E-state index in [0.717, 1.165) is 10.6 Å². The normalized spacial score (nSPS) is 12.8. The Balaban J connectivity index is 0.00000341. The summed E-state index contributed by atoms with van der Waals surface area (Å²) in [5.41, 5.74) is 5.91. The van der Waals surface area contributed by atoms with Crippen LogP contribution in [0.2, 0.25) is 0 Å². The summed E-state index contributed by atoms with van der Waals surface area (Å²) in [7, 11) is -2.50. The maximum atomic E-state index is 14.0. The summed E-state index contributed by atoms with van der Waals surface area (Å²) in [5.74, 6) is -2.08. The van der Waals surface area contributed by atoms with Gasteiger partial charge in [0, 0.05) is 12.1 Å². The largest absolute Gasteiger partial charge is 0.449 e. The molecule has 0 radical (unpaired) electrons. The maximum absolute atomic E-state index is 14.0. The lowest BCUT2D eigenvalue weighted by molar-refractivity contribution is -0.146. The number of nitrogens with zero attached hydrogens (tertiary/aromatic N) is 2. The molecular formula is C19H19ClF4N4O2S. The SMILES string of the molecule is CNS(=O)(=O)c1cccc(-c2cccc3c2nc(C(F)(F)F)n3C/C(F)=C/CN)c1.Cl. The second-order valence-electron chi connectivity index (χ2n) is 6.31. The third-order valence-corrected chi connectivity index (χ3v) is 5.82. The Morgan fingerprint density at radius 1 is 1.23 bits per heavy atom.